The summed E-state index contributed by atoms with van der Waals surface area (Å²) < 4.78 is 2.02. The summed E-state index contributed by atoms with van der Waals surface area (Å²) in [6.45, 7) is -0.115. The van der Waals surface area contributed by atoms with Gasteiger partial charge < -0.3 is 15.0 Å². The summed E-state index contributed by atoms with van der Waals surface area (Å²) in [5.74, 6) is 1.01. The number of aromatic nitrogens is 2. The monoisotopic (exact) mass is 449 g/mol. The molecule has 1 aliphatic rings. The molecule has 0 bridgehead atoms. The molecule has 1 fully saturated rings. The van der Waals surface area contributed by atoms with Crippen LogP contribution in [0.5, 0.6) is 0 Å². The Balaban J connectivity index is 1.48. The lowest BCUT2D eigenvalue weighted by Gasteiger charge is -2.26. The minimum atomic E-state index is -0.388. The van der Waals surface area contributed by atoms with Gasteiger partial charge in [-0.05, 0) is 35.4 Å². The Labute approximate surface area is 194 Å². The number of hydrogen-bond donors (Lipinski definition) is 2. The van der Waals surface area contributed by atoms with Gasteiger partial charge in [0.05, 0.1) is 18.6 Å². The number of amides is 1. The van der Waals surface area contributed by atoms with Gasteiger partial charge in [0.1, 0.15) is 0 Å². The Hall–Kier alpha value is -2.57. The maximum absolute atomic E-state index is 13.4. The highest BCUT2D eigenvalue weighted by atomic mass is 32.2. The fourth-order valence-electron chi connectivity index (χ4n) is 4.57. The second-order valence-corrected chi connectivity index (χ2v) is 9.47. The first-order valence-electron chi connectivity index (χ1n) is 11.3. The highest BCUT2D eigenvalue weighted by Crippen LogP contribution is 2.38. The van der Waals surface area contributed by atoms with E-state index in [1.165, 1.54) is 18.4 Å². The van der Waals surface area contributed by atoms with Gasteiger partial charge in [0.2, 0.25) is 5.91 Å². The van der Waals surface area contributed by atoms with Gasteiger partial charge in [0, 0.05) is 25.2 Å². The molecule has 0 aliphatic heterocycles. The first kappa shape index (κ1) is 22.6. The zero-order chi connectivity index (χ0) is 22.3. The second kappa shape index (κ2) is 10.8. The smallest absolute Gasteiger partial charge is 0.228 e. The average Bonchev–Trinajstić information content (AvgIpc) is 3.50. The van der Waals surface area contributed by atoms with Crippen LogP contribution >= 0.6 is 11.8 Å². The van der Waals surface area contributed by atoms with Crippen LogP contribution in [0.15, 0.2) is 72.1 Å². The van der Waals surface area contributed by atoms with Gasteiger partial charge in [-0.25, -0.2) is 4.98 Å². The van der Waals surface area contributed by atoms with Gasteiger partial charge in [0.15, 0.2) is 5.16 Å². The number of nitrogens with one attached hydrogen (secondary N) is 1. The summed E-state index contributed by atoms with van der Waals surface area (Å²) in [6, 6.07) is 17.8. The van der Waals surface area contributed by atoms with Crippen LogP contribution in [-0.2, 0) is 17.6 Å². The third kappa shape index (κ3) is 5.43. The number of carbonyl (C=O) groups is 1. The van der Waals surface area contributed by atoms with E-state index in [-0.39, 0.29) is 24.5 Å². The standard InChI is InChI=1S/C26H31N3O2S/c1-29-16-15-27-26(29)32-18-19-11-13-22(14-12-19)24(21-9-5-6-10-21)25(31)28-23(17-30)20-7-3-2-4-8-20/h2-4,7-8,11-16,21,23-24,30H,5-6,9-10,17-18H2,1H3,(H,28,31). The van der Waals surface area contributed by atoms with Crippen molar-refractivity contribution < 1.29 is 9.90 Å². The summed E-state index contributed by atoms with van der Waals surface area (Å²) in [5, 5.41) is 14.0. The Morgan fingerprint density at radius 2 is 1.84 bits per heavy atom. The maximum atomic E-state index is 13.4. The summed E-state index contributed by atoms with van der Waals surface area (Å²) in [4.78, 5) is 17.8. The number of imidazole rings is 1. The molecule has 168 valence electrons. The van der Waals surface area contributed by atoms with E-state index in [0.29, 0.717) is 5.92 Å². The van der Waals surface area contributed by atoms with Gasteiger partial charge >= 0.3 is 0 Å². The van der Waals surface area contributed by atoms with Gasteiger partial charge in [0.25, 0.3) is 0 Å². The molecule has 32 heavy (non-hydrogen) atoms. The molecule has 2 atom stereocenters. The molecule has 1 aliphatic carbocycles. The quantitative estimate of drug-likeness (QED) is 0.459. The molecular formula is C26H31N3O2S. The molecule has 2 N–H and O–H groups in total. The molecule has 1 heterocycles. The lowest BCUT2D eigenvalue weighted by molar-refractivity contribution is -0.124. The highest BCUT2D eigenvalue weighted by molar-refractivity contribution is 7.98. The van der Waals surface area contributed by atoms with Crippen LogP contribution in [0.25, 0.3) is 0 Å². The number of aliphatic hydroxyl groups is 1. The first-order chi connectivity index (χ1) is 15.7. The summed E-state index contributed by atoms with van der Waals surface area (Å²) in [5.41, 5.74) is 3.20. The number of aliphatic hydroxyl groups excluding tert-OH is 1. The van der Waals surface area contributed by atoms with Crippen molar-refractivity contribution in [2.75, 3.05) is 6.61 Å². The molecule has 6 heteroatoms. The summed E-state index contributed by atoms with van der Waals surface area (Å²) in [6.07, 6.45) is 8.26. The number of carbonyl (C=O) groups excluding carboxylic acids is 1. The van der Waals surface area contributed by atoms with E-state index in [4.69, 9.17) is 0 Å². The minimum Gasteiger partial charge on any atom is -0.394 e. The van der Waals surface area contributed by atoms with E-state index in [2.05, 4.69) is 34.6 Å². The maximum Gasteiger partial charge on any atom is 0.228 e. The molecule has 0 spiro atoms. The Morgan fingerprint density at radius 3 is 2.47 bits per heavy atom. The number of thioether (sulfide) groups is 1. The van der Waals surface area contributed by atoms with Gasteiger partial charge in [-0.3, -0.25) is 4.79 Å². The van der Waals surface area contributed by atoms with Crippen LogP contribution in [0.2, 0.25) is 0 Å². The highest BCUT2D eigenvalue weighted by Gasteiger charge is 2.33. The summed E-state index contributed by atoms with van der Waals surface area (Å²) in [7, 11) is 2.00. The SMILES string of the molecule is Cn1ccnc1SCc1ccc(C(C(=O)NC(CO)c2ccccc2)C2CCCC2)cc1. The molecule has 5 nitrogen and oxygen atoms in total. The largest absolute Gasteiger partial charge is 0.394 e. The fraction of sp³-hybridized carbons (Fsp3) is 0.385. The molecular weight excluding hydrogens is 418 g/mol. The molecule has 2 aromatic carbocycles. The van der Waals surface area contributed by atoms with E-state index >= 15 is 0 Å². The topological polar surface area (TPSA) is 67.2 Å². The van der Waals surface area contributed by atoms with Crippen molar-refractivity contribution >= 4 is 17.7 Å². The van der Waals surface area contributed by atoms with Gasteiger partial charge in [-0.1, -0.05) is 79.2 Å². The first-order valence-corrected chi connectivity index (χ1v) is 12.3. The average molecular weight is 450 g/mol. The molecule has 1 amide bonds. The molecule has 4 rings (SSSR count). The van der Waals surface area contributed by atoms with E-state index in [1.54, 1.807) is 11.8 Å². The van der Waals surface area contributed by atoms with Gasteiger partial charge in [-0.2, -0.15) is 0 Å². The lowest BCUT2D eigenvalue weighted by atomic mass is 9.83. The van der Waals surface area contributed by atoms with E-state index < -0.39 is 0 Å². The van der Waals surface area contributed by atoms with E-state index in [1.807, 2.05) is 54.3 Å². The van der Waals surface area contributed by atoms with Crippen molar-refractivity contribution in [2.45, 2.75) is 48.6 Å². The third-order valence-corrected chi connectivity index (χ3v) is 7.47. The third-order valence-electron chi connectivity index (χ3n) is 6.34. The van der Waals surface area contributed by atoms with E-state index in [0.717, 1.165) is 34.9 Å². The lowest BCUT2D eigenvalue weighted by Crippen LogP contribution is -2.37. The molecule has 1 saturated carbocycles. The zero-order valence-electron chi connectivity index (χ0n) is 18.5. The van der Waals surface area contributed by atoms with Crippen molar-refractivity contribution in [3.63, 3.8) is 0 Å². The van der Waals surface area contributed by atoms with Crippen LogP contribution < -0.4 is 5.32 Å². The molecule has 0 radical (unpaired) electrons. The second-order valence-electron chi connectivity index (χ2n) is 8.53. The fourth-order valence-corrected chi connectivity index (χ4v) is 5.46. The molecule has 2 unspecified atom stereocenters. The van der Waals surface area contributed by atoms with Crippen molar-refractivity contribution in [1.29, 1.82) is 0 Å². The van der Waals surface area contributed by atoms with E-state index in [9.17, 15) is 9.90 Å². The summed E-state index contributed by atoms with van der Waals surface area (Å²) >= 11 is 1.71. The predicted molar refractivity (Wildman–Crippen MR) is 128 cm³/mol. The van der Waals surface area contributed by atoms with Crippen LogP contribution in [0.4, 0.5) is 0 Å². The van der Waals surface area contributed by atoms with Crippen LogP contribution in [0.1, 0.15) is 54.3 Å². The molecule has 0 saturated heterocycles. The van der Waals surface area contributed by atoms with Crippen LogP contribution in [-0.4, -0.2) is 27.2 Å². The van der Waals surface area contributed by atoms with Crippen LogP contribution in [0, 0.1) is 5.92 Å². The van der Waals surface area contributed by atoms with Crippen molar-refractivity contribution in [3.05, 3.63) is 83.7 Å². The number of aryl methyl sites for hydroxylation is 1. The Bertz CT molecular complexity index is 997. The number of rotatable bonds is 9. The normalized spacial score (nSPS) is 16.1. The number of benzene rings is 2. The Kier molecular flexibility index (Phi) is 7.66. The minimum absolute atomic E-state index is 0.00920. The zero-order valence-corrected chi connectivity index (χ0v) is 19.3. The predicted octanol–water partition coefficient (Wildman–Crippen LogP) is 4.84. The van der Waals surface area contributed by atoms with Gasteiger partial charge in [-0.15, -0.1) is 0 Å². The molecule has 1 aromatic heterocycles. The number of nitrogens with zero attached hydrogens (tertiary/aromatic N) is 2. The van der Waals surface area contributed by atoms with Crippen molar-refractivity contribution in [2.24, 2.45) is 13.0 Å². The van der Waals surface area contributed by atoms with Crippen molar-refractivity contribution in [3.8, 4) is 0 Å². The Morgan fingerprint density at radius 1 is 1.12 bits per heavy atom. The van der Waals surface area contributed by atoms with Crippen molar-refractivity contribution in [1.82, 2.24) is 14.9 Å². The molecule has 3 aromatic rings. The number of hydrogen-bond acceptors (Lipinski definition) is 4. The van der Waals surface area contributed by atoms with Crippen LogP contribution in [0.3, 0.4) is 0 Å².